The number of nitrogens with two attached hydrogens (primary N) is 2. The molecule has 0 heterocycles. The third-order valence-electron chi connectivity index (χ3n) is 2.93. The number of carbonyl (C=O) groups is 1. The number of primary amides is 1. The number of hydrogen-bond donors (Lipinski definition) is 2. The Morgan fingerprint density at radius 2 is 2.00 bits per heavy atom. The summed E-state index contributed by atoms with van der Waals surface area (Å²) in [7, 11) is 0. The van der Waals surface area contributed by atoms with Crippen LogP contribution in [-0.2, 0) is 16.1 Å². The van der Waals surface area contributed by atoms with Crippen LogP contribution in [-0.4, -0.2) is 11.5 Å². The highest BCUT2D eigenvalue weighted by atomic mass is 16.5. The maximum atomic E-state index is 11.5. The van der Waals surface area contributed by atoms with E-state index >= 15 is 0 Å². The summed E-state index contributed by atoms with van der Waals surface area (Å²) in [5.41, 5.74) is 11.6. The van der Waals surface area contributed by atoms with Gasteiger partial charge in [0, 0.05) is 12.1 Å². The molecule has 1 aromatic rings. The lowest BCUT2D eigenvalue weighted by molar-refractivity contribution is -0.138. The van der Waals surface area contributed by atoms with Gasteiger partial charge in [-0.2, -0.15) is 0 Å². The van der Waals surface area contributed by atoms with Crippen molar-refractivity contribution in [1.29, 1.82) is 0 Å². The maximum Gasteiger partial charge on any atom is 0.254 e. The lowest BCUT2D eigenvalue weighted by Crippen LogP contribution is -2.44. The van der Waals surface area contributed by atoms with Gasteiger partial charge < -0.3 is 16.2 Å². The van der Waals surface area contributed by atoms with Gasteiger partial charge in [0.2, 0.25) is 0 Å². The Kier molecular flexibility index (Phi) is 3.48. The van der Waals surface area contributed by atoms with E-state index in [4.69, 9.17) is 16.2 Å². The van der Waals surface area contributed by atoms with Crippen molar-refractivity contribution in [1.82, 2.24) is 0 Å². The summed E-state index contributed by atoms with van der Waals surface area (Å²) in [6, 6.07) is 7.33. The highest BCUT2D eigenvalue weighted by Gasteiger charge is 2.34. The Bertz CT molecular complexity index is 491. The van der Waals surface area contributed by atoms with Gasteiger partial charge in [0.15, 0.2) is 5.60 Å². The third-order valence-corrected chi connectivity index (χ3v) is 2.93. The normalized spacial score (nSPS) is 22.0. The fourth-order valence-electron chi connectivity index (χ4n) is 1.79. The average molecular weight is 244 g/mol. The SMILES string of the molecule is NC(=O)C1(OCc2ccc(N)cc2)C=CC=CC1. The van der Waals surface area contributed by atoms with E-state index < -0.39 is 11.5 Å². The molecule has 18 heavy (non-hydrogen) atoms. The molecule has 4 N–H and O–H groups in total. The summed E-state index contributed by atoms with van der Waals surface area (Å²) >= 11 is 0. The molecule has 1 atom stereocenters. The minimum atomic E-state index is -1.03. The highest BCUT2D eigenvalue weighted by Crippen LogP contribution is 2.24. The van der Waals surface area contributed by atoms with Crippen LogP contribution in [0.1, 0.15) is 12.0 Å². The molecule has 0 spiro atoms. The van der Waals surface area contributed by atoms with Crippen LogP contribution in [0.15, 0.2) is 48.6 Å². The molecule has 0 aliphatic heterocycles. The van der Waals surface area contributed by atoms with Crippen molar-refractivity contribution in [3.8, 4) is 0 Å². The Labute approximate surface area is 106 Å². The summed E-state index contributed by atoms with van der Waals surface area (Å²) < 4.78 is 5.70. The van der Waals surface area contributed by atoms with E-state index in [9.17, 15) is 4.79 Å². The fourth-order valence-corrected chi connectivity index (χ4v) is 1.79. The zero-order chi connectivity index (χ0) is 13.0. The van der Waals surface area contributed by atoms with Crippen LogP contribution in [0.3, 0.4) is 0 Å². The Balaban J connectivity index is 2.07. The molecule has 1 aromatic carbocycles. The standard InChI is InChI=1S/C14H16N2O2/c15-12-6-4-11(5-7-12)10-18-14(13(16)17)8-2-1-3-9-14/h1-8H,9-10,15H2,(H2,16,17). The minimum Gasteiger partial charge on any atom is -0.399 e. The molecule has 4 heteroatoms. The molecule has 0 fully saturated rings. The Morgan fingerprint density at radius 3 is 2.56 bits per heavy atom. The molecule has 0 bridgehead atoms. The van der Waals surface area contributed by atoms with E-state index in [0.717, 1.165) is 5.56 Å². The maximum absolute atomic E-state index is 11.5. The second kappa shape index (κ2) is 5.06. The van der Waals surface area contributed by atoms with Crippen molar-refractivity contribution in [2.45, 2.75) is 18.6 Å². The zero-order valence-corrected chi connectivity index (χ0v) is 10.0. The molecule has 1 aliphatic rings. The summed E-state index contributed by atoms with van der Waals surface area (Å²) in [6.45, 7) is 0.321. The van der Waals surface area contributed by atoms with Crippen molar-refractivity contribution in [2.24, 2.45) is 5.73 Å². The fraction of sp³-hybridized carbons (Fsp3) is 0.214. The highest BCUT2D eigenvalue weighted by molar-refractivity contribution is 5.86. The summed E-state index contributed by atoms with van der Waals surface area (Å²) in [5, 5.41) is 0. The van der Waals surface area contributed by atoms with Gasteiger partial charge in [0.25, 0.3) is 5.91 Å². The van der Waals surface area contributed by atoms with Crippen LogP contribution in [0.4, 0.5) is 5.69 Å². The van der Waals surface area contributed by atoms with E-state index in [1.807, 2.05) is 24.3 Å². The quantitative estimate of drug-likeness (QED) is 0.788. The monoisotopic (exact) mass is 244 g/mol. The van der Waals surface area contributed by atoms with Crippen molar-refractivity contribution in [3.63, 3.8) is 0 Å². The number of rotatable bonds is 4. The van der Waals surface area contributed by atoms with Crippen LogP contribution in [0.2, 0.25) is 0 Å². The molecule has 2 rings (SSSR count). The summed E-state index contributed by atoms with van der Waals surface area (Å²) in [4.78, 5) is 11.5. The topological polar surface area (TPSA) is 78.3 Å². The van der Waals surface area contributed by atoms with Crippen LogP contribution < -0.4 is 11.5 Å². The summed E-state index contributed by atoms with van der Waals surface area (Å²) in [6.07, 6.45) is 7.68. The van der Waals surface area contributed by atoms with Crippen LogP contribution >= 0.6 is 0 Å². The lowest BCUT2D eigenvalue weighted by atomic mass is 9.94. The van der Waals surface area contributed by atoms with Gasteiger partial charge in [-0.15, -0.1) is 0 Å². The second-order valence-electron chi connectivity index (χ2n) is 4.28. The van der Waals surface area contributed by atoms with E-state index in [-0.39, 0.29) is 0 Å². The molecule has 94 valence electrons. The molecule has 1 amide bonds. The Hall–Kier alpha value is -2.07. The number of allylic oxidation sites excluding steroid dienone is 2. The smallest absolute Gasteiger partial charge is 0.254 e. The zero-order valence-electron chi connectivity index (χ0n) is 10.0. The average Bonchev–Trinajstić information content (AvgIpc) is 2.39. The van der Waals surface area contributed by atoms with Crippen molar-refractivity contribution in [3.05, 3.63) is 54.1 Å². The van der Waals surface area contributed by atoms with Gasteiger partial charge in [0.05, 0.1) is 6.61 Å². The molecular weight excluding hydrogens is 228 g/mol. The number of anilines is 1. The molecular formula is C14H16N2O2. The van der Waals surface area contributed by atoms with Crippen LogP contribution in [0.5, 0.6) is 0 Å². The van der Waals surface area contributed by atoms with Gasteiger partial charge in [-0.25, -0.2) is 0 Å². The number of amides is 1. The molecule has 1 unspecified atom stereocenters. The van der Waals surface area contributed by atoms with Gasteiger partial charge in [-0.3, -0.25) is 4.79 Å². The van der Waals surface area contributed by atoms with Crippen molar-refractivity contribution < 1.29 is 9.53 Å². The first-order valence-corrected chi connectivity index (χ1v) is 5.75. The largest absolute Gasteiger partial charge is 0.399 e. The molecule has 1 aliphatic carbocycles. The lowest BCUT2D eigenvalue weighted by Gasteiger charge is -2.28. The predicted molar refractivity (Wildman–Crippen MR) is 70.5 cm³/mol. The first-order valence-electron chi connectivity index (χ1n) is 5.75. The van der Waals surface area contributed by atoms with E-state index in [1.165, 1.54) is 0 Å². The van der Waals surface area contributed by atoms with Gasteiger partial charge in [-0.1, -0.05) is 30.4 Å². The van der Waals surface area contributed by atoms with E-state index in [1.54, 1.807) is 24.3 Å². The first kappa shape index (κ1) is 12.4. The van der Waals surface area contributed by atoms with E-state index in [2.05, 4.69) is 0 Å². The minimum absolute atomic E-state index is 0.321. The first-order chi connectivity index (χ1) is 8.62. The number of hydrogen-bond acceptors (Lipinski definition) is 3. The summed E-state index contributed by atoms with van der Waals surface area (Å²) in [5.74, 6) is -0.474. The number of ether oxygens (including phenoxy) is 1. The van der Waals surface area contributed by atoms with Gasteiger partial charge >= 0.3 is 0 Å². The van der Waals surface area contributed by atoms with E-state index in [0.29, 0.717) is 18.7 Å². The second-order valence-corrected chi connectivity index (χ2v) is 4.28. The number of benzene rings is 1. The molecule has 0 saturated heterocycles. The molecule has 4 nitrogen and oxygen atoms in total. The molecule has 0 saturated carbocycles. The van der Waals surface area contributed by atoms with Gasteiger partial charge in [0.1, 0.15) is 0 Å². The van der Waals surface area contributed by atoms with Crippen LogP contribution in [0, 0.1) is 0 Å². The van der Waals surface area contributed by atoms with Crippen molar-refractivity contribution in [2.75, 3.05) is 5.73 Å². The van der Waals surface area contributed by atoms with Crippen LogP contribution in [0.25, 0.3) is 0 Å². The molecule has 0 radical (unpaired) electrons. The van der Waals surface area contributed by atoms with Gasteiger partial charge in [-0.05, 0) is 23.8 Å². The third kappa shape index (κ3) is 2.60. The number of carbonyl (C=O) groups excluding carboxylic acids is 1. The predicted octanol–water partition coefficient (Wildman–Crippen LogP) is 1.53. The molecule has 0 aromatic heterocycles. The van der Waals surface area contributed by atoms with Crippen molar-refractivity contribution >= 4 is 11.6 Å². The Morgan fingerprint density at radius 1 is 1.28 bits per heavy atom. The number of nitrogen functional groups attached to an aromatic ring is 1.